The van der Waals surface area contributed by atoms with Crippen molar-refractivity contribution in [3.8, 4) is 22.9 Å². The van der Waals surface area contributed by atoms with Gasteiger partial charge in [0, 0.05) is 37.7 Å². The molecule has 9 nitrogen and oxygen atoms in total. The maximum absolute atomic E-state index is 11.2. The zero-order valence-corrected chi connectivity index (χ0v) is 18.1. The summed E-state index contributed by atoms with van der Waals surface area (Å²) in [5.41, 5.74) is 3.08. The molecule has 0 bridgehead atoms. The fourth-order valence-corrected chi connectivity index (χ4v) is 4.00. The molecule has 4 aromatic rings. The van der Waals surface area contributed by atoms with Crippen LogP contribution in [0.25, 0.3) is 27.9 Å². The summed E-state index contributed by atoms with van der Waals surface area (Å²) < 4.78 is 18.8. The zero-order valence-electron chi connectivity index (χ0n) is 18.1. The molecule has 9 heteroatoms. The third kappa shape index (κ3) is 4.33. The molecule has 5 rings (SSSR count). The van der Waals surface area contributed by atoms with E-state index in [0.29, 0.717) is 31.9 Å². The highest BCUT2D eigenvalue weighted by Gasteiger charge is 2.30. The predicted molar refractivity (Wildman–Crippen MR) is 122 cm³/mol. The molecule has 0 radical (unpaired) electrons. The van der Waals surface area contributed by atoms with Gasteiger partial charge in [0.2, 0.25) is 0 Å². The van der Waals surface area contributed by atoms with Crippen molar-refractivity contribution >= 4 is 22.5 Å². The summed E-state index contributed by atoms with van der Waals surface area (Å²) in [6.45, 7) is 1.47. The highest BCUT2D eigenvalue weighted by molar-refractivity contribution is 5.86. The average Bonchev–Trinajstić information content (AvgIpc) is 3.46. The van der Waals surface area contributed by atoms with E-state index in [1.165, 1.54) is 0 Å². The number of benzene rings is 1. The summed E-state index contributed by atoms with van der Waals surface area (Å²) in [5, 5.41) is 13.1. The molecule has 1 aliphatic rings. The fourth-order valence-electron chi connectivity index (χ4n) is 4.00. The first-order valence-corrected chi connectivity index (χ1v) is 10.7. The van der Waals surface area contributed by atoms with Crippen molar-refractivity contribution in [3.05, 3.63) is 54.9 Å². The van der Waals surface area contributed by atoms with Crippen LogP contribution in [0.15, 0.2) is 54.9 Å². The van der Waals surface area contributed by atoms with E-state index in [0.717, 1.165) is 33.7 Å². The number of hydrogen-bond acceptors (Lipinski definition) is 7. The molecule has 4 heterocycles. The SMILES string of the molecule is COCCOc1ccn2c(-c3ccc4cccc(OC5CNC(C(=O)O)C5)c4n3)cnc2c1. The maximum Gasteiger partial charge on any atom is 0.320 e. The lowest BCUT2D eigenvalue weighted by Gasteiger charge is -2.14. The number of hydrogen-bond donors (Lipinski definition) is 2. The molecule has 0 spiro atoms. The van der Waals surface area contributed by atoms with Crippen molar-refractivity contribution in [1.29, 1.82) is 0 Å². The third-order valence-corrected chi connectivity index (χ3v) is 5.67. The Morgan fingerprint density at radius 2 is 2.15 bits per heavy atom. The lowest BCUT2D eigenvalue weighted by molar-refractivity contribution is -0.139. The van der Waals surface area contributed by atoms with Crippen molar-refractivity contribution in [3.63, 3.8) is 0 Å². The van der Waals surface area contributed by atoms with Crippen molar-refractivity contribution in [2.75, 3.05) is 26.9 Å². The number of carboxylic acid groups (broad SMARTS) is 1. The van der Waals surface area contributed by atoms with Gasteiger partial charge < -0.3 is 24.6 Å². The Morgan fingerprint density at radius 1 is 1.24 bits per heavy atom. The number of para-hydroxylation sites is 1. The first kappa shape index (κ1) is 21.2. The predicted octanol–water partition coefficient (Wildman–Crippen LogP) is 2.77. The number of aliphatic carboxylic acids is 1. The standard InChI is InChI=1S/C24H24N4O5/c1-31-9-10-32-16-7-8-28-20(14-26-22(28)12-16)18-6-5-15-3-2-4-21(23(15)27-18)33-17-11-19(24(29)30)25-13-17/h2-8,12,14,17,19,25H,9-11,13H2,1H3,(H,29,30). The van der Waals surface area contributed by atoms with Crippen LogP contribution in [0.3, 0.4) is 0 Å². The number of nitrogens with one attached hydrogen (secondary N) is 1. The molecule has 2 unspecified atom stereocenters. The Bertz CT molecular complexity index is 1300. The Labute approximate surface area is 189 Å². The second-order valence-electron chi connectivity index (χ2n) is 7.87. The number of rotatable bonds is 8. The number of methoxy groups -OCH3 is 1. The summed E-state index contributed by atoms with van der Waals surface area (Å²) in [4.78, 5) is 20.6. The summed E-state index contributed by atoms with van der Waals surface area (Å²) in [7, 11) is 1.64. The van der Waals surface area contributed by atoms with Crippen LogP contribution in [0.5, 0.6) is 11.5 Å². The quantitative estimate of drug-likeness (QED) is 0.396. The number of aromatic nitrogens is 3. The van der Waals surface area contributed by atoms with E-state index in [4.69, 9.17) is 19.2 Å². The second-order valence-corrected chi connectivity index (χ2v) is 7.87. The Morgan fingerprint density at radius 3 is 2.97 bits per heavy atom. The Hall–Kier alpha value is -3.69. The maximum atomic E-state index is 11.2. The first-order chi connectivity index (χ1) is 16.1. The van der Waals surface area contributed by atoms with Gasteiger partial charge in [0.15, 0.2) is 0 Å². The summed E-state index contributed by atoms with van der Waals surface area (Å²) in [5.74, 6) is 0.498. The number of fused-ring (bicyclic) bond motifs is 2. The fraction of sp³-hybridized carbons (Fsp3) is 0.292. The van der Waals surface area contributed by atoms with Crippen molar-refractivity contribution in [1.82, 2.24) is 19.7 Å². The molecule has 1 aromatic carbocycles. The zero-order chi connectivity index (χ0) is 22.8. The normalized spacial score (nSPS) is 18.1. The van der Waals surface area contributed by atoms with Crippen LogP contribution in [-0.2, 0) is 9.53 Å². The Balaban J connectivity index is 1.44. The number of nitrogens with zero attached hydrogens (tertiary/aromatic N) is 3. The van der Waals surface area contributed by atoms with Crippen molar-refractivity contribution in [2.24, 2.45) is 0 Å². The largest absolute Gasteiger partial charge is 0.491 e. The highest BCUT2D eigenvalue weighted by atomic mass is 16.5. The Kier molecular flexibility index (Phi) is 5.80. The van der Waals surface area contributed by atoms with Crippen LogP contribution < -0.4 is 14.8 Å². The van der Waals surface area contributed by atoms with Gasteiger partial charge in [-0.1, -0.05) is 18.2 Å². The van der Waals surface area contributed by atoms with Gasteiger partial charge in [0.1, 0.15) is 41.4 Å². The highest BCUT2D eigenvalue weighted by Crippen LogP contribution is 2.30. The minimum atomic E-state index is -0.862. The molecule has 0 aliphatic carbocycles. The monoisotopic (exact) mass is 448 g/mol. The van der Waals surface area contributed by atoms with Crippen molar-refractivity contribution in [2.45, 2.75) is 18.6 Å². The minimum Gasteiger partial charge on any atom is -0.491 e. The second kappa shape index (κ2) is 9.05. The molecule has 170 valence electrons. The van der Waals surface area contributed by atoms with Crippen LogP contribution >= 0.6 is 0 Å². The van der Waals surface area contributed by atoms with Crippen LogP contribution in [0.4, 0.5) is 0 Å². The molecule has 3 aromatic heterocycles. The summed E-state index contributed by atoms with van der Waals surface area (Å²) >= 11 is 0. The van der Waals surface area contributed by atoms with Crippen LogP contribution in [0.1, 0.15) is 6.42 Å². The number of carbonyl (C=O) groups is 1. The lowest BCUT2D eigenvalue weighted by Crippen LogP contribution is -2.30. The number of ether oxygens (including phenoxy) is 3. The van der Waals surface area contributed by atoms with E-state index in [-0.39, 0.29) is 6.10 Å². The molecular formula is C24H24N4O5. The van der Waals surface area contributed by atoms with Crippen LogP contribution in [-0.4, -0.2) is 64.5 Å². The molecule has 33 heavy (non-hydrogen) atoms. The number of imidazole rings is 1. The molecule has 1 fully saturated rings. The molecule has 0 amide bonds. The molecule has 2 N–H and O–H groups in total. The van der Waals surface area contributed by atoms with Crippen LogP contribution in [0, 0.1) is 0 Å². The molecule has 0 saturated carbocycles. The smallest absolute Gasteiger partial charge is 0.320 e. The molecule has 1 saturated heterocycles. The van der Waals surface area contributed by atoms with E-state index in [1.807, 2.05) is 53.1 Å². The van der Waals surface area contributed by atoms with Gasteiger partial charge >= 0.3 is 5.97 Å². The minimum absolute atomic E-state index is 0.227. The van der Waals surface area contributed by atoms with Gasteiger partial charge in [0.25, 0.3) is 0 Å². The van der Waals surface area contributed by atoms with E-state index in [2.05, 4.69) is 10.3 Å². The van der Waals surface area contributed by atoms with Gasteiger partial charge in [-0.15, -0.1) is 0 Å². The topological polar surface area (TPSA) is 107 Å². The van der Waals surface area contributed by atoms with E-state index in [9.17, 15) is 9.90 Å². The average molecular weight is 448 g/mol. The van der Waals surface area contributed by atoms with Gasteiger partial charge in [-0.2, -0.15) is 0 Å². The lowest BCUT2D eigenvalue weighted by atomic mass is 10.1. The van der Waals surface area contributed by atoms with E-state index < -0.39 is 12.0 Å². The van der Waals surface area contributed by atoms with Gasteiger partial charge in [-0.05, 0) is 18.2 Å². The van der Waals surface area contributed by atoms with Gasteiger partial charge in [-0.25, -0.2) is 9.97 Å². The third-order valence-electron chi connectivity index (χ3n) is 5.67. The molecular weight excluding hydrogens is 424 g/mol. The molecule has 2 atom stereocenters. The van der Waals surface area contributed by atoms with Crippen LogP contribution in [0.2, 0.25) is 0 Å². The number of carboxylic acids is 1. The van der Waals surface area contributed by atoms with Crippen molar-refractivity contribution < 1.29 is 24.1 Å². The van der Waals surface area contributed by atoms with E-state index in [1.54, 1.807) is 13.3 Å². The van der Waals surface area contributed by atoms with E-state index >= 15 is 0 Å². The van der Waals surface area contributed by atoms with Gasteiger partial charge in [-0.3, -0.25) is 9.20 Å². The summed E-state index contributed by atoms with van der Waals surface area (Å²) in [6.07, 6.45) is 3.87. The summed E-state index contributed by atoms with van der Waals surface area (Å²) in [6, 6.07) is 12.9. The first-order valence-electron chi connectivity index (χ1n) is 10.7. The molecule has 1 aliphatic heterocycles. The van der Waals surface area contributed by atoms with Gasteiger partial charge in [0.05, 0.1) is 24.2 Å². The number of pyridine rings is 2.